The van der Waals surface area contributed by atoms with Crippen LogP contribution in [0.5, 0.6) is 0 Å². The lowest BCUT2D eigenvalue weighted by molar-refractivity contribution is 0.127. The van der Waals surface area contributed by atoms with Crippen LogP contribution in [0.4, 0.5) is 5.95 Å². The number of anilines is 1. The van der Waals surface area contributed by atoms with Crippen molar-refractivity contribution in [2.45, 2.75) is 19.7 Å². The fourth-order valence-electron chi connectivity index (χ4n) is 4.68. The molecule has 0 bridgehead atoms. The molecule has 0 unspecified atom stereocenters. The first kappa shape index (κ1) is 22.7. The Labute approximate surface area is 207 Å². The van der Waals surface area contributed by atoms with Crippen molar-refractivity contribution in [1.29, 1.82) is 0 Å². The average Bonchev–Trinajstić information content (AvgIpc) is 3.62. The third kappa shape index (κ3) is 4.81. The first-order valence-electron chi connectivity index (χ1n) is 12.2. The molecule has 186 valence electrons. The van der Waals surface area contributed by atoms with Crippen molar-refractivity contribution in [3.8, 4) is 0 Å². The van der Waals surface area contributed by atoms with E-state index in [1.165, 1.54) is 0 Å². The summed E-state index contributed by atoms with van der Waals surface area (Å²) in [5.74, 6) is 3.10. The van der Waals surface area contributed by atoms with Gasteiger partial charge in [0.15, 0.2) is 5.65 Å². The summed E-state index contributed by atoms with van der Waals surface area (Å²) in [6.07, 6.45) is 5.33. The topological polar surface area (TPSA) is 124 Å². The zero-order valence-electron chi connectivity index (χ0n) is 20.0. The van der Waals surface area contributed by atoms with Crippen LogP contribution in [-0.2, 0) is 19.7 Å². The Balaban J connectivity index is 1.05. The summed E-state index contributed by atoms with van der Waals surface area (Å²) in [5.41, 5.74) is 3.59. The minimum absolute atomic E-state index is 0.106. The van der Waals surface area contributed by atoms with Gasteiger partial charge in [0.1, 0.15) is 29.5 Å². The summed E-state index contributed by atoms with van der Waals surface area (Å²) in [4.78, 5) is 26.3. The van der Waals surface area contributed by atoms with Gasteiger partial charge in [-0.25, -0.2) is 15.0 Å². The number of fused-ring (bicyclic) bond motifs is 2. The number of aromatic amines is 1. The molecule has 5 aromatic heterocycles. The van der Waals surface area contributed by atoms with E-state index >= 15 is 0 Å². The lowest BCUT2D eigenvalue weighted by Gasteiger charge is -2.34. The van der Waals surface area contributed by atoms with Crippen molar-refractivity contribution < 1.29 is 9.52 Å². The minimum Gasteiger partial charge on any atom is -0.462 e. The molecular formula is C25H29N9O2. The predicted molar refractivity (Wildman–Crippen MR) is 135 cm³/mol. The van der Waals surface area contributed by atoms with E-state index in [-0.39, 0.29) is 6.61 Å². The third-order valence-corrected chi connectivity index (χ3v) is 6.60. The van der Waals surface area contributed by atoms with Gasteiger partial charge in [0.05, 0.1) is 30.3 Å². The van der Waals surface area contributed by atoms with Crippen LogP contribution in [0.15, 0.2) is 53.3 Å². The Morgan fingerprint density at radius 1 is 0.944 bits per heavy atom. The first-order chi connectivity index (χ1) is 17.7. The Morgan fingerprint density at radius 3 is 2.64 bits per heavy atom. The normalized spacial score (nSPS) is 15.2. The van der Waals surface area contributed by atoms with Crippen molar-refractivity contribution >= 4 is 28.1 Å². The number of nitrogens with zero attached hydrogens (tertiary/aromatic N) is 7. The van der Waals surface area contributed by atoms with Gasteiger partial charge in [-0.15, -0.1) is 0 Å². The van der Waals surface area contributed by atoms with Crippen molar-refractivity contribution in [2.75, 3.05) is 44.6 Å². The molecule has 6 heterocycles. The zero-order chi connectivity index (χ0) is 24.3. The van der Waals surface area contributed by atoms with E-state index in [1.807, 2.05) is 24.3 Å². The maximum Gasteiger partial charge on any atom is 0.201 e. The average molecular weight is 488 g/mol. The van der Waals surface area contributed by atoms with Gasteiger partial charge in [0.25, 0.3) is 0 Å². The van der Waals surface area contributed by atoms with Crippen molar-refractivity contribution in [1.82, 2.24) is 39.3 Å². The second kappa shape index (κ2) is 10.1. The molecule has 6 rings (SSSR count). The van der Waals surface area contributed by atoms with E-state index in [2.05, 4.69) is 39.6 Å². The molecule has 11 nitrogen and oxygen atoms in total. The van der Waals surface area contributed by atoms with E-state index in [4.69, 9.17) is 9.40 Å². The number of nitrogens with one attached hydrogen (secondary N) is 2. The second-order valence-corrected chi connectivity index (χ2v) is 9.01. The number of hydrogen-bond acceptors (Lipinski definition) is 9. The Bertz CT molecular complexity index is 1420. The smallest absolute Gasteiger partial charge is 0.201 e. The molecular weight excluding hydrogens is 458 g/mol. The van der Waals surface area contributed by atoms with Crippen LogP contribution in [0.2, 0.25) is 0 Å². The van der Waals surface area contributed by atoms with Crippen molar-refractivity contribution in [3.05, 3.63) is 66.3 Å². The van der Waals surface area contributed by atoms with Gasteiger partial charge in [-0.3, -0.25) is 14.8 Å². The Hall–Kier alpha value is -3.80. The number of H-pyrrole nitrogens is 1. The van der Waals surface area contributed by atoms with E-state index in [1.54, 1.807) is 24.7 Å². The quantitative estimate of drug-likeness (QED) is 0.287. The number of pyridine rings is 2. The van der Waals surface area contributed by atoms with Gasteiger partial charge in [0.2, 0.25) is 5.95 Å². The maximum atomic E-state index is 9.34. The molecule has 1 fully saturated rings. The van der Waals surface area contributed by atoms with Gasteiger partial charge in [0, 0.05) is 51.7 Å². The van der Waals surface area contributed by atoms with Crippen LogP contribution in [0.1, 0.15) is 17.3 Å². The highest BCUT2D eigenvalue weighted by molar-refractivity contribution is 5.76. The molecule has 0 aromatic carbocycles. The van der Waals surface area contributed by atoms with E-state index < -0.39 is 0 Å². The number of aliphatic hydroxyl groups is 1. The summed E-state index contributed by atoms with van der Waals surface area (Å²) >= 11 is 0. The molecule has 5 aromatic rings. The van der Waals surface area contributed by atoms with Crippen molar-refractivity contribution in [3.63, 3.8) is 0 Å². The monoisotopic (exact) mass is 487 g/mol. The predicted octanol–water partition coefficient (Wildman–Crippen LogP) is 2.07. The van der Waals surface area contributed by atoms with Gasteiger partial charge in [-0.2, -0.15) is 0 Å². The molecule has 0 amide bonds. The maximum absolute atomic E-state index is 9.34. The highest BCUT2D eigenvalue weighted by Gasteiger charge is 2.21. The van der Waals surface area contributed by atoms with Crippen LogP contribution in [0.3, 0.4) is 0 Å². The summed E-state index contributed by atoms with van der Waals surface area (Å²) < 4.78 is 7.86. The molecule has 1 saturated heterocycles. The number of hydrogen-bond donors (Lipinski definition) is 3. The highest BCUT2D eigenvalue weighted by Crippen LogP contribution is 2.19. The lowest BCUT2D eigenvalue weighted by Crippen LogP contribution is -2.47. The van der Waals surface area contributed by atoms with Crippen LogP contribution in [0, 0.1) is 0 Å². The standard InChI is InChI=1S/C25H29N9O2/c35-17-19-4-3-18(36-19)15-34-23(29-21-2-1-6-27-24(21)34)16-33-12-10-32(11-13-33)9-8-28-25-30-20-5-7-26-14-22(20)31-25/h1-7,14,35H,8-13,15-17H2,(H2,28,30,31). The van der Waals surface area contributed by atoms with Crippen LogP contribution in [-0.4, -0.2) is 83.7 Å². The van der Waals surface area contributed by atoms with Crippen LogP contribution < -0.4 is 5.32 Å². The summed E-state index contributed by atoms with van der Waals surface area (Å²) in [5, 5.41) is 12.7. The molecule has 0 atom stereocenters. The zero-order valence-corrected chi connectivity index (χ0v) is 20.0. The fourth-order valence-corrected chi connectivity index (χ4v) is 4.68. The fraction of sp³-hybridized carbons (Fsp3) is 0.360. The Kier molecular flexibility index (Phi) is 6.33. The van der Waals surface area contributed by atoms with E-state index in [9.17, 15) is 5.11 Å². The van der Waals surface area contributed by atoms with Gasteiger partial charge < -0.3 is 24.4 Å². The molecule has 11 heteroatoms. The molecule has 0 aliphatic carbocycles. The van der Waals surface area contributed by atoms with Gasteiger partial charge >= 0.3 is 0 Å². The lowest BCUT2D eigenvalue weighted by atomic mass is 10.3. The van der Waals surface area contributed by atoms with Crippen LogP contribution >= 0.6 is 0 Å². The number of aliphatic hydroxyl groups excluding tert-OH is 1. The van der Waals surface area contributed by atoms with Crippen LogP contribution in [0.25, 0.3) is 22.2 Å². The van der Waals surface area contributed by atoms with E-state index in [0.29, 0.717) is 12.3 Å². The molecule has 0 radical (unpaired) electrons. The molecule has 0 spiro atoms. The number of imidazole rings is 2. The summed E-state index contributed by atoms with van der Waals surface area (Å²) in [7, 11) is 0. The summed E-state index contributed by atoms with van der Waals surface area (Å²) in [6.45, 7) is 6.92. The molecule has 1 aliphatic rings. The second-order valence-electron chi connectivity index (χ2n) is 9.01. The Morgan fingerprint density at radius 2 is 1.81 bits per heavy atom. The molecule has 1 aliphatic heterocycles. The van der Waals surface area contributed by atoms with Gasteiger partial charge in [-0.05, 0) is 30.3 Å². The first-order valence-corrected chi connectivity index (χ1v) is 12.2. The molecule has 0 saturated carbocycles. The number of aromatic nitrogens is 6. The van der Waals surface area contributed by atoms with Gasteiger partial charge in [-0.1, -0.05) is 0 Å². The van der Waals surface area contributed by atoms with E-state index in [0.717, 1.165) is 85.5 Å². The van der Waals surface area contributed by atoms with Crippen molar-refractivity contribution in [2.24, 2.45) is 0 Å². The molecule has 3 N–H and O–H groups in total. The summed E-state index contributed by atoms with van der Waals surface area (Å²) in [6, 6.07) is 9.52. The number of rotatable bonds is 9. The minimum atomic E-state index is -0.106. The third-order valence-electron chi connectivity index (χ3n) is 6.60. The molecule has 36 heavy (non-hydrogen) atoms. The number of piperazine rings is 1. The highest BCUT2D eigenvalue weighted by atomic mass is 16.4. The number of furan rings is 1. The SMILES string of the molecule is OCc1ccc(Cn2c(CN3CCN(CCNc4nc5ccncc5[nH]4)CC3)nc3cccnc32)o1. The largest absolute Gasteiger partial charge is 0.462 e.